The van der Waals surface area contributed by atoms with Crippen molar-refractivity contribution in [3.05, 3.63) is 23.8 Å². The average Bonchev–Trinajstić information content (AvgIpc) is 2.10. The van der Waals surface area contributed by atoms with Gasteiger partial charge in [0.25, 0.3) is 0 Å². The zero-order valence-electron chi connectivity index (χ0n) is 8.60. The predicted molar refractivity (Wildman–Crippen MR) is 50.2 cm³/mol. The summed E-state index contributed by atoms with van der Waals surface area (Å²) in [7, 11) is 0. The van der Waals surface area contributed by atoms with Crippen LogP contribution in [-0.4, -0.2) is 18.8 Å². The van der Waals surface area contributed by atoms with Gasteiger partial charge < -0.3 is 4.74 Å². The van der Waals surface area contributed by atoms with Crippen LogP contribution in [0.2, 0.25) is 0 Å². The van der Waals surface area contributed by atoms with E-state index >= 15 is 0 Å². The summed E-state index contributed by atoms with van der Waals surface area (Å²) < 4.78 is 40.6. The second-order valence-electron chi connectivity index (χ2n) is 2.70. The molecule has 0 fully saturated rings. The normalized spacial score (nSPS) is 13.3. The Bertz CT molecular complexity index is 264. The number of hydrogen-bond acceptors (Lipinski definition) is 2. The Morgan fingerprint density at radius 3 is 2.40 bits per heavy atom. The quantitative estimate of drug-likeness (QED) is 0.415. The van der Waals surface area contributed by atoms with Crippen LogP contribution in [0.3, 0.4) is 0 Å². The first kappa shape index (κ1) is 13.7. The van der Waals surface area contributed by atoms with Crippen molar-refractivity contribution in [2.75, 3.05) is 6.61 Å². The van der Waals surface area contributed by atoms with Gasteiger partial charge in [0.1, 0.15) is 0 Å². The van der Waals surface area contributed by atoms with E-state index in [2.05, 4.69) is 4.74 Å². The van der Waals surface area contributed by atoms with Gasteiger partial charge in [-0.15, -0.1) is 0 Å². The van der Waals surface area contributed by atoms with Gasteiger partial charge in [-0.25, -0.2) is 4.79 Å². The smallest absolute Gasteiger partial charge is 0.410 e. The van der Waals surface area contributed by atoms with Crippen molar-refractivity contribution in [2.45, 2.75) is 26.4 Å². The maximum absolute atomic E-state index is 12.0. The lowest BCUT2D eigenvalue weighted by Crippen LogP contribution is -2.12. The summed E-state index contributed by atoms with van der Waals surface area (Å²) in [5.74, 6) is -0.923. The number of hydrogen-bond donors (Lipinski definition) is 0. The summed E-state index contributed by atoms with van der Waals surface area (Å²) in [5.41, 5.74) is -0.387. The molecule has 0 aliphatic rings. The molecule has 0 unspecified atom stereocenters. The molecule has 0 bridgehead atoms. The van der Waals surface area contributed by atoms with E-state index in [0.717, 1.165) is 0 Å². The van der Waals surface area contributed by atoms with Crippen LogP contribution >= 0.6 is 0 Å². The molecule has 0 rings (SSSR count). The van der Waals surface area contributed by atoms with Crippen LogP contribution in [0, 0.1) is 0 Å². The van der Waals surface area contributed by atoms with Crippen molar-refractivity contribution in [3.63, 3.8) is 0 Å². The molecule has 0 atom stereocenters. The van der Waals surface area contributed by atoms with Gasteiger partial charge in [0.15, 0.2) is 0 Å². The summed E-state index contributed by atoms with van der Waals surface area (Å²) in [6.07, 6.45) is -1.55. The third-order valence-corrected chi connectivity index (χ3v) is 1.45. The van der Waals surface area contributed by atoms with Gasteiger partial charge >= 0.3 is 12.1 Å². The second-order valence-corrected chi connectivity index (χ2v) is 2.70. The van der Waals surface area contributed by atoms with E-state index in [-0.39, 0.29) is 24.7 Å². The highest BCUT2D eigenvalue weighted by molar-refractivity contribution is 5.88. The van der Waals surface area contributed by atoms with Crippen molar-refractivity contribution < 1.29 is 22.7 Å². The average molecular weight is 222 g/mol. The molecule has 0 heterocycles. The van der Waals surface area contributed by atoms with Crippen molar-refractivity contribution in [2.24, 2.45) is 0 Å². The zero-order chi connectivity index (χ0) is 11.9. The molecule has 0 radical (unpaired) electrons. The van der Waals surface area contributed by atoms with Gasteiger partial charge in [-0.3, -0.25) is 0 Å². The standard InChI is InChI=1S/C10H13F3O2/c1-3-5-6-8(7-10(11,12)13)9(14)15-4-2/h3,5,7H,4,6H2,1-2H3/b5-3+,8-7+. The van der Waals surface area contributed by atoms with E-state index in [0.29, 0.717) is 0 Å². The van der Waals surface area contributed by atoms with Crippen LogP contribution in [0.4, 0.5) is 13.2 Å². The largest absolute Gasteiger partial charge is 0.463 e. The van der Waals surface area contributed by atoms with Crippen molar-refractivity contribution >= 4 is 5.97 Å². The molecule has 0 aromatic rings. The fourth-order valence-corrected chi connectivity index (χ4v) is 0.867. The molecular weight excluding hydrogens is 209 g/mol. The molecule has 0 saturated heterocycles. The summed E-state index contributed by atoms with van der Waals surface area (Å²) in [6, 6.07) is 0. The van der Waals surface area contributed by atoms with E-state index < -0.39 is 12.1 Å². The van der Waals surface area contributed by atoms with Crippen LogP contribution in [0.15, 0.2) is 23.8 Å². The molecule has 0 amide bonds. The van der Waals surface area contributed by atoms with E-state index in [9.17, 15) is 18.0 Å². The van der Waals surface area contributed by atoms with Crippen LogP contribution in [-0.2, 0) is 9.53 Å². The first-order valence-electron chi connectivity index (χ1n) is 4.47. The number of carbonyl (C=O) groups excluding carboxylic acids is 1. The number of rotatable bonds is 4. The first-order chi connectivity index (χ1) is 6.90. The maximum Gasteiger partial charge on any atom is 0.410 e. The Kier molecular flexibility index (Phi) is 5.74. The third kappa shape index (κ3) is 6.76. The van der Waals surface area contributed by atoms with Crippen LogP contribution < -0.4 is 0 Å². The number of ether oxygens (including phenoxy) is 1. The minimum atomic E-state index is -4.50. The van der Waals surface area contributed by atoms with E-state index in [1.807, 2.05) is 0 Å². The number of carbonyl (C=O) groups is 1. The molecule has 2 nitrogen and oxygen atoms in total. The number of halogens is 3. The highest BCUT2D eigenvalue weighted by Gasteiger charge is 2.26. The number of allylic oxidation sites excluding steroid dienone is 3. The van der Waals surface area contributed by atoms with Gasteiger partial charge in [0, 0.05) is 11.6 Å². The fraction of sp³-hybridized carbons (Fsp3) is 0.500. The molecule has 86 valence electrons. The van der Waals surface area contributed by atoms with Gasteiger partial charge in [-0.1, -0.05) is 12.2 Å². The van der Waals surface area contributed by atoms with Crippen LogP contribution in [0.1, 0.15) is 20.3 Å². The van der Waals surface area contributed by atoms with Crippen molar-refractivity contribution in [1.82, 2.24) is 0 Å². The van der Waals surface area contributed by atoms with Gasteiger partial charge in [0.05, 0.1) is 6.61 Å². The summed E-state index contributed by atoms with van der Waals surface area (Å²) in [4.78, 5) is 11.1. The van der Waals surface area contributed by atoms with Crippen molar-refractivity contribution in [1.29, 1.82) is 0 Å². The molecule has 15 heavy (non-hydrogen) atoms. The lowest BCUT2D eigenvalue weighted by atomic mass is 10.1. The summed E-state index contributed by atoms with van der Waals surface area (Å²) in [6.45, 7) is 3.26. The van der Waals surface area contributed by atoms with E-state index in [1.165, 1.54) is 6.08 Å². The molecule has 0 saturated carbocycles. The van der Waals surface area contributed by atoms with Gasteiger partial charge in [-0.05, 0) is 20.3 Å². The lowest BCUT2D eigenvalue weighted by Gasteiger charge is -2.06. The van der Waals surface area contributed by atoms with E-state index in [1.54, 1.807) is 19.9 Å². The Morgan fingerprint density at radius 1 is 1.40 bits per heavy atom. The minimum Gasteiger partial charge on any atom is -0.463 e. The first-order valence-corrected chi connectivity index (χ1v) is 4.47. The van der Waals surface area contributed by atoms with Gasteiger partial charge in [-0.2, -0.15) is 13.2 Å². The lowest BCUT2D eigenvalue weighted by molar-refractivity contribution is -0.139. The topological polar surface area (TPSA) is 26.3 Å². The Morgan fingerprint density at radius 2 is 2.00 bits per heavy atom. The fourth-order valence-electron chi connectivity index (χ4n) is 0.867. The predicted octanol–water partition coefficient (Wildman–Crippen LogP) is 3.00. The molecule has 0 aliphatic carbocycles. The van der Waals surface area contributed by atoms with Crippen LogP contribution in [0.5, 0.6) is 0 Å². The SMILES string of the molecule is C/C=C/C/C(=C\C(F)(F)F)C(=O)OCC. The van der Waals surface area contributed by atoms with Crippen LogP contribution in [0.25, 0.3) is 0 Å². The van der Waals surface area contributed by atoms with Gasteiger partial charge in [0.2, 0.25) is 0 Å². The Labute approximate surface area is 86.4 Å². The molecule has 0 aromatic carbocycles. The van der Waals surface area contributed by atoms with Crippen molar-refractivity contribution in [3.8, 4) is 0 Å². The molecule has 0 N–H and O–H groups in total. The van der Waals surface area contributed by atoms with E-state index in [4.69, 9.17) is 0 Å². The highest BCUT2D eigenvalue weighted by atomic mass is 19.4. The Hall–Kier alpha value is -1.26. The molecular formula is C10H13F3O2. The molecule has 0 spiro atoms. The molecule has 0 aliphatic heterocycles. The molecule has 5 heteroatoms. The second kappa shape index (κ2) is 6.27. The zero-order valence-corrected chi connectivity index (χ0v) is 8.60. The summed E-state index contributed by atoms with van der Waals surface area (Å²) in [5, 5.41) is 0. The summed E-state index contributed by atoms with van der Waals surface area (Å²) >= 11 is 0. The minimum absolute atomic E-state index is 0.0228. The number of esters is 1. The number of alkyl halides is 3. The monoisotopic (exact) mass is 222 g/mol. The maximum atomic E-state index is 12.0. The molecule has 0 aromatic heterocycles. The Balaban J connectivity index is 4.72. The highest BCUT2D eigenvalue weighted by Crippen LogP contribution is 2.21. The third-order valence-electron chi connectivity index (χ3n) is 1.45.